The number of nitrogens with zero attached hydrogens (tertiary/aromatic N) is 3. The third-order valence-corrected chi connectivity index (χ3v) is 2.84. The number of aromatic nitrogens is 3. The Bertz CT molecular complexity index is 461. The second kappa shape index (κ2) is 5.10. The fraction of sp³-hybridized carbons (Fsp3) is 0.385. The van der Waals surface area contributed by atoms with Gasteiger partial charge in [-0.1, -0.05) is 19.9 Å². The van der Waals surface area contributed by atoms with Crippen LogP contribution in [0.4, 0.5) is 0 Å². The molecule has 1 unspecified atom stereocenters. The van der Waals surface area contributed by atoms with Crippen LogP contribution in [0.5, 0.6) is 0 Å². The maximum absolute atomic E-state index is 5.89. The highest BCUT2D eigenvalue weighted by molar-refractivity contribution is 5.18. The van der Waals surface area contributed by atoms with Crippen LogP contribution in [0.15, 0.2) is 36.9 Å². The second-order valence-corrected chi connectivity index (χ2v) is 4.39. The van der Waals surface area contributed by atoms with Gasteiger partial charge in [0.25, 0.3) is 0 Å². The van der Waals surface area contributed by atoms with Crippen molar-refractivity contribution >= 4 is 0 Å². The zero-order valence-corrected chi connectivity index (χ0v) is 10.2. The van der Waals surface area contributed by atoms with Crippen molar-refractivity contribution in [3.05, 3.63) is 48.3 Å². The van der Waals surface area contributed by atoms with Gasteiger partial charge in [0.1, 0.15) is 5.82 Å². The lowest BCUT2D eigenvalue weighted by Gasteiger charge is -2.20. The molecule has 2 aromatic rings. The largest absolute Gasteiger partial charge is 0.328 e. The van der Waals surface area contributed by atoms with Crippen LogP contribution in [0.2, 0.25) is 0 Å². The summed E-state index contributed by atoms with van der Waals surface area (Å²) in [7, 11) is 0. The van der Waals surface area contributed by atoms with Gasteiger partial charge in [-0.25, -0.2) is 4.98 Å². The van der Waals surface area contributed by atoms with E-state index in [1.54, 1.807) is 6.20 Å². The smallest absolute Gasteiger partial charge is 0.111 e. The molecular formula is C13H18N4. The molecule has 0 amide bonds. The minimum Gasteiger partial charge on any atom is -0.328 e. The fourth-order valence-electron chi connectivity index (χ4n) is 2.02. The summed E-state index contributed by atoms with van der Waals surface area (Å²) in [4.78, 5) is 8.55. The van der Waals surface area contributed by atoms with Crippen LogP contribution in [0.3, 0.4) is 0 Å². The molecule has 0 radical (unpaired) electrons. The summed E-state index contributed by atoms with van der Waals surface area (Å²) in [6.07, 6.45) is 7.45. The topological polar surface area (TPSA) is 56.7 Å². The molecule has 0 aromatic carbocycles. The Kier molecular flexibility index (Phi) is 3.54. The van der Waals surface area contributed by atoms with Crippen LogP contribution in [0.25, 0.3) is 0 Å². The van der Waals surface area contributed by atoms with Crippen molar-refractivity contribution in [1.82, 2.24) is 14.5 Å². The van der Waals surface area contributed by atoms with Crippen molar-refractivity contribution in [2.45, 2.75) is 25.8 Å². The average Bonchev–Trinajstić information content (AvgIpc) is 2.81. The van der Waals surface area contributed by atoms with E-state index < -0.39 is 0 Å². The van der Waals surface area contributed by atoms with Crippen molar-refractivity contribution in [3.8, 4) is 0 Å². The van der Waals surface area contributed by atoms with Gasteiger partial charge in [0.2, 0.25) is 0 Å². The predicted octanol–water partition coefficient (Wildman–Crippen LogP) is 1.95. The maximum atomic E-state index is 5.89. The van der Waals surface area contributed by atoms with Gasteiger partial charge in [-0.3, -0.25) is 4.98 Å². The summed E-state index contributed by atoms with van der Waals surface area (Å²) in [5.74, 6) is 1.44. The van der Waals surface area contributed by atoms with Gasteiger partial charge in [0.15, 0.2) is 0 Å². The predicted molar refractivity (Wildman–Crippen MR) is 67.7 cm³/mol. The van der Waals surface area contributed by atoms with E-state index in [0.29, 0.717) is 12.5 Å². The van der Waals surface area contributed by atoms with E-state index in [0.717, 1.165) is 11.4 Å². The number of pyridine rings is 1. The number of hydrogen-bond acceptors (Lipinski definition) is 3. The van der Waals surface area contributed by atoms with Crippen LogP contribution in [-0.4, -0.2) is 21.1 Å². The van der Waals surface area contributed by atoms with E-state index in [2.05, 4.69) is 34.4 Å². The summed E-state index contributed by atoms with van der Waals surface area (Å²) in [5.41, 5.74) is 7.01. The maximum Gasteiger partial charge on any atom is 0.111 e. The lowest BCUT2D eigenvalue weighted by molar-refractivity contribution is 0.547. The van der Waals surface area contributed by atoms with Crippen molar-refractivity contribution in [2.24, 2.45) is 5.73 Å². The molecule has 0 saturated heterocycles. The highest BCUT2D eigenvalue weighted by Crippen LogP contribution is 2.21. The number of rotatable bonds is 4. The van der Waals surface area contributed by atoms with Crippen molar-refractivity contribution in [2.75, 3.05) is 6.54 Å². The van der Waals surface area contributed by atoms with Crippen molar-refractivity contribution < 1.29 is 0 Å². The van der Waals surface area contributed by atoms with E-state index in [1.807, 2.05) is 24.7 Å². The second-order valence-electron chi connectivity index (χ2n) is 4.39. The van der Waals surface area contributed by atoms with Gasteiger partial charge in [-0.05, 0) is 11.6 Å². The molecule has 0 bridgehead atoms. The lowest BCUT2D eigenvalue weighted by atomic mass is 10.1. The van der Waals surface area contributed by atoms with E-state index in [1.165, 1.54) is 0 Å². The SMILES string of the molecule is CC(C)c1nccn1C(CN)c1cccnc1. The van der Waals surface area contributed by atoms with Crippen LogP contribution in [0, 0.1) is 0 Å². The molecule has 0 aliphatic carbocycles. The summed E-state index contributed by atoms with van der Waals surface area (Å²) in [6.45, 7) is 4.81. The standard InChI is InChI=1S/C13H18N4/c1-10(2)13-16-6-7-17(13)12(8-14)11-4-3-5-15-9-11/h3-7,9-10,12H,8,14H2,1-2H3. The number of imidazole rings is 1. The van der Waals surface area contributed by atoms with Gasteiger partial charge in [-0.15, -0.1) is 0 Å². The lowest BCUT2D eigenvalue weighted by Crippen LogP contribution is -2.22. The summed E-state index contributed by atoms with van der Waals surface area (Å²) in [6, 6.07) is 4.10. The molecule has 0 spiro atoms. The zero-order chi connectivity index (χ0) is 12.3. The van der Waals surface area contributed by atoms with E-state index in [-0.39, 0.29) is 6.04 Å². The normalized spacial score (nSPS) is 12.9. The third-order valence-electron chi connectivity index (χ3n) is 2.84. The van der Waals surface area contributed by atoms with Crippen LogP contribution in [0.1, 0.15) is 37.2 Å². The van der Waals surface area contributed by atoms with E-state index in [9.17, 15) is 0 Å². The molecule has 0 aliphatic heterocycles. The Balaban J connectivity index is 2.39. The van der Waals surface area contributed by atoms with Gasteiger partial charge in [0, 0.05) is 37.3 Å². The Labute approximate surface area is 102 Å². The van der Waals surface area contributed by atoms with Crippen LogP contribution < -0.4 is 5.73 Å². The molecule has 0 aliphatic rings. The quantitative estimate of drug-likeness (QED) is 0.873. The first-order valence-corrected chi connectivity index (χ1v) is 5.86. The summed E-state index contributed by atoms with van der Waals surface area (Å²) >= 11 is 0. The molecule has 2 N–H and O–H groups in total. The first kappa shape index (κ1) is 11.8. The molecular weight excluding hydrogens is 212 g/mol. The molecule has 0 saturated carbocycles. The molecule has 90 valence electrons. The molecule has 4 nitrogen and oxygen atoms in total. The van der Waals surface area contributed by atoms with Gasteiger partial charge in [0.05, 0.1) is 6.04 Å². The summed E-state index contributed by atoms with van der Waals surface area (Å²) < 4.78 is 2.14. The minimum absolute atomic E-state index is 0.114. The third kappa shape index (κ3) is 2.36. The monoisotopic (exact) mass is 230 g/mol. The molecule has 2 heterocycles. The Morgan fingerprint density at radius 3 is 2.76 bits per heavy atom. The molecule has 2 rings (SSSR count). The van der Waals surface area contributed by atoms with Crippen molar-refractivity contribution in [1.29, 1.82) is 0 Å². The highest BCUT2D eigenvalue weighted by atomic mass is 15.1. The zero-order valence-electron chi connectivity index (χ0n) is 10.2. The Morgan fingerprint density at radius 1 is 1.35 bits per heavy atom. The molecule has 4 heteroatoms. The van der Waals surface area contributed by atoms with Crippen LogP contribution in [-0.2, 0) is 0 Å². The van der Waals surface area contributed by atoms with E-state index in [4.69, 9.17) is 5.73 Å². The molecule has 17 heavy (non-hydrogen) atoms. The molecule has 0 fully saturated rings. The fourth-order valence-corrected chi connectivity index (χ4v) is 2.02. The highest BCUT2D eigenvalue weighted by Gasteiger charge is 2.16. The number of hydrogen-bond donors (Lipinski definition) is 1. The van der Waals surface area contributed by atoms with Crippen LogP contribution >= 0.6 is 0 Å². The Morgan fingerprint density at radius 2 is 2.18 bits per heavy atom. The Hall–Kier alpha value is -1.68. The first-order chi connectivity index (χ1) is 8.24. The molecule has 2 aromatic heterocycles. The average molecular weight is 230 g/mol. The minimum atomic E-state index is 0.114. The van der Waals surface area contributed by atoms with Gasteiger partial charge < -0.3 is 10.3 Å². The van der Waals surface area contributed by atoms with Gasteiger partial charge >= 0.3 is 0 Å². The molecule has 1 atom stereocenters. The van der Waals surface area contributed by atoms with E-state index >= 15 is 0 Å². The van der Waals surface area contributed by atoms with Gasteiger partial charge in [-0.2, -0.15) is 0 Å². The first-order valence-electron chi connectivity index (χ1n) is 5.86. The number of nitrogens with two attached hydrogens (primary N) is 1. The summed E-state index contributed by atoms with van der Waals surface area (Å²) in [5, 5.41) is 0. The van der Waals surface area contributed by atoms with Crippen molar-refractivity contribution in [3.63, 3.8) is 0 Å².